The monoisotopic (exact) mass is 635 g/mol. The van der Waals surface area contributed by atoms with Crippen molar-refractivity contribution in [2.75, 3.05) is 15.5 Å². The van der Waals surface area contributed by atoms with Gasteiger partial charge in [0.15, 0.2) is 17.0 Å². The molecule has 0 atom stereocenters. The predicted octanol–water partition coefficient (Wildman–Crippen LogP) is 7.79. The Bertz CT molecular complexity index is 1960. The summed E-state index contributed by atoms with van der Waals surface area (Å²) >= 11 is 0. The van der Waals surface area contributed by atoms with Gasteiger partial charge >= 0.3 is 6.36 Å². The van der Waals surface area contributed by atoms with Gasteiger partial charge in [0.1, 0.15) is 12.1 Å². The number of benzene rings is 4. The standard InChI is InChI=1S/C35H28F3N7O2/c1-2-30(46)40-27-14-9-15-28(20-27)45-23-39-31-32(44(21-24-10-5-3-6-11-24)22-25-12-7-4-8-13-25)42-34(43-33(31)45)41-26-16-18-29(19-17-26)47-35(36,37)38/h2-20,23H,1,21-22H2,(H,40,46)(H,41,42,43). The fraction of sp³-hybridized carbons (Fsp3) is 0.0857. The lowest BCUT2D eigenvalue weighted by molar-refractivity contribution is -0.274. The first-order valence-electron chi connectivity index (χ1n) is 14.5. The molecule has 2 heterocycles. The summed E-state index contributed by atoms with van der Waals surface area (Å²) in [4.78, 5) is 28.5. The summed E-state index contributed by atoms with van der Waals surface area (Å²) in [5.74, 6) is 0.0365. The Hall–Kier alpha value is -6.17. The number of aromatic nitrogens is 4. The molecule has 9 nitrogen and oxygen atoms in total. The maximum atomic E-state index is 12.7. The van der Waals surface area contributed by atoms with Crippen molar-refractivity contribution < 1.29 is 22.7 Å². The predicted molar refractivity (Wildman–Crippen MR) is 175 cm³/mol. The highest BCUT2D eigenvalue weighted by atomic mass is 19.4. The zero-order valence-corrected chi connectivity index (χ0v) is 24.9. The average Bonchev–Trinajstić information content (AvgIpc) is 3.49. The number of rotatable bonds is 11. The number of hydrogen-bond acceptors (Lipinski definition) is 7. The summed E-state index contributed by atoms with van der Waals surface area (Å²) in [6, 6.07) is 32.4. The molecule has 6 aromatic rings. The quantitative estimate of drug-likeness (QED) is 0.140. The fourth-order valence-electron chi connectivity index (χ4n) is 4.96. The second kappa shape index (κ2) is 13.4. The van der Waals surface area contributed by atoms with Gasteiger partial charge in [0.05, 0.1) is 5.69 Å². The number of anilines is 4. The third-order valence-electron chi connectivity index (χ3n) is 7.03. The Kier molecular flexibility index (Phi) is 8.82. The molecule has 47 heavy (non-hydrogen) atoms. The summed E-state index contributed by atoms with van der Waals surface area (Å²) in [6.45, 7) is 4.51. The fourth-order valence-corrected chi connectivity index (χ4v) is 4.96. The van der Waals surface area contributed by atoms with E-state index in [9.17, 15) is 18.0 Å². The molecule has 4 aromatic carbocycles. The van der Waals surface area contributed by atoms with Gasteiger partial charge in [0.25, 0.3) is 0 Å². The van der Waals surface area contributed by atoms with Gasteiger partial charge in [-0.2, -0.15) is 9.97 Å². The Morgan fingerprint density at radius 2 is 1.51 bits per heavy atom. The van der Waals surface area contributed by atoms with E-state index < -0.39 is 6.36 Å². The number of fused-ring (bicyclic) bond motifs is 1. The largest absolute Gasteiger partial charge is 0.573 e. The van der Waals surface area contributed by atoms with Crippen molar-refractivity contribution in [3.05, 3.63) is 139 Å². The molecule has 0 aliphatic heterocycles. The first-order chi connectivity index (χ1) is 22.7. The lowest BCUT2D eigenvalue weighted by Crippen LogP contribution is -2.24. The molecular formula is C35H28F3N7O2. The van der Waals surface area contributed by atoms with E-state index in [1.807, 2.05) is 66.7 Å². The van der Waals surface area contributed by atoms with Crippen molar-refractivity contribution in [1.29, 1.82) is 0 Å². The Morgan fingerprint density at radius 3 is 2.13 bits per heavy atom. The first kappa shape index (κ1) is 30.8. The van der Waals surface area contributed by atoms with Crippen molar-refractivity contribution in [2.45, 2.75) is 19.5 Å². The van der Waals surface area contributed by atoms with Gasteiger partial charge < -0.3 is 20.3 Å². The van der Waals surface area contributed by atoms with Gasteiger partial charge in [-0.15, -0.1) is 13.2 Å². The smallest absolute Gasteiger partial charge is 0.406 e. The third kappa shape index (κ3) is 7.74. The summed E-state index contributed by atoms with van der Waals surface area (Å²) in [7, 11) is 0. The molecule has 0 aliphatic rings. The van der Waals surface area contributed by atoms with Crippen LogP contribution in [0, 0.1) is 0 Å². The van der Waals surface area contributed by atoms with Crippen LogP contribution in [0.15, 0.2) is 128 Å². The van der Waals surface area contributed by atoms with Crippen LogP contribution >= 0.6 is 0 Å². The van der Waals surface area contributed by atoms with Crippen molar-refractivity contribution in [2.24, 2.45) is 0 Å². The molecule has 0 unspecified atom stereocenters. The van der Waals surface area contributed by atoms with E-state index in [1.165, 1.54) is 30.3 Å². The highest BCUT2D eigenvalue weighted by Gasteiger charge is 2.31. The highest BCUT2D eigenvalue weighted by Crippen LogP contribution is 2.31. The highest BCUT2D eigenvalue weighted by molar-refractivity contribution is 5.99. The van der Waals surface area contributed by atoms with E-state index in [0.717, 1.165) is 11.1 Å². The molecule has 2 N–H and O–H groups in total. The molecule has 0 radical (unpaired) electrons. The van der Waals surface area contributed by atoms with Crippen LogP contribution in [0.5, 0.6) is 5.75 Å². The summed E-state index contributed by atoms with van der Waals surface area (Å²) in [5, 5.41) is 5.89. The number of carbonyl (C=O) groups excluding carboxylic acids is 1. The van der Waals surface area contributed by atoms with Crippen molar-refractivity contribution in [3.8, 4) is 11.4 Å². The molecule has 0 spiro atoms. The molecule has 0 bridgehead atoms. The molecule has 1 amide bonds. The third-order valence-corrected chi connectivity index (χ3v) is 7.03. The molecule has 0 fully saturated rings. The zero-order chi connectivity index (χ0) is 32.8. The van der Waals surface area contributed by atoms with E-state index in [4.69, 9.17) is 15.0 Å². The van der Waals surface area contributed by atoms with Crippen LogP contribution in [-0.4, -0.2) is 31.8 Å². The van der Waals surface area contributed by atoms with Crippen LogP contribution in [-0.2, 0) is 17.9 Å². The van der Waals surface area contributed by atoms with Crippen LogP contribution in [0.2, 0.25) is 0 Å². The Morgan fingerprint density at radius 1 is 0.851 bits per heavy atom. The molecule has 6 rings (SSSR count). The molecule has 0 saturated heterocycles. The maximum absolute atomic E-state index is 12.7. The number of alkyl halides is 3. The lowest BCUT2D eigenvalue weighted by atomic mass is 10.1. The second-order valence-corrected chi connectivity index (χ2v) is 10.4. The first-order valence-corrected chi connectivity index (χ1v) is 14.5. The van der Waals surface area contributed by atoms with E-state index in [2.05, 4.69) is 26.8 Å². The average molecular weight is 636 g/mol. The number of ether oxygens (including phenoxy) is 1. The number of amides is 1. The van der Waals surface area contributed by atoms with Crippen LogP contribution < -0.4 is 20.3 Å². The van der Waals surface area contributed by atoms with Crippen molar-refractivity contribution >= 4 is 40.2 Å². The van der Waals surface area contributed by atoms with E-state index >= 15 is 0 Å². The maximum Gasteiger partial charge on any atom is 0.573 e. The van der Waals surface area contributed by atoms with Gasteiger partial charge in [-0.25, -0.2) is 4.98 Å². The molecule has 0 saturated carbocycles. The van der Waals surface area contributed by atoms with E-state index in [0.29, 0.717) is 47.1 Å². The minimum Gasteiger partial charge on any atom is -0.406 e. The molecule has 2 aromatic heterocycles. The second-order valence-electron chi connectivity index (χ2n) is 10.4. The van der Waals surface area contributed by atoms with Crippen molar-refractivity contribution in [1.82, 2.24) is 19.5 Å². The molecule has 236 valence electrons. The zero-order valence-electron chi connectivity index (χ0n) is 24.9. The minimum atomic E-state index is -4.80. The van der Waals surface area contributed by atoms with Gasteiger partial charge in [-0.05, 0) is 59.7 Å². The lowest BCUT2D eigenvalue weighted by Gasteiger charge is -2.25. The Labute approximate surface area is 268 Å². The molecular weight excluding hydrogens is 607 g/mol. The number of hydrogen-bond donors (Lipinski definition) is 2. The topological polar surface area (TPSA) is 97.2 Å². The van der Waals surface area contributed by atoms with Crippen LogP contribution in [0.3, 0.4) is 0 Å². The van der Waals surface area contributed by atoms with E-state index in [-0.39, 0.29) is 17.6 Å². The number of nitrogens with zero attached hydrogens (tertiary/aromatic N) is 5. The van der Waals surface area contributed by atoms with Crippen molar-refractivity contribution in [3.63, 3.8) is 0 Å². The number of carbonyl (C=O) groups is 1. The SMILES string of the molecule is C=CC(=O)Nc1cccc(-n2cnc3c(N(Cc4ccccc4)Cc4ccccc4)nc(Nc4ccc(OC(F)(F)F)cc4)nc32)c1. The molecule has 0 aliphatic carbocycles. The summed E-state index contributed by atoms with van der Waals surface area (Å²) in [6.07, 6.45) is -1.98. The number of imidazole rings is 1. The van der Waals surface area contributed by atoms with Gasteiger partial charge in [-0.3, -0.25) is 9.36 Å². The van der Waals surface area contributed by atoms with Gasteiger partial charge in [-0.1, -0.05) is 73.3 Å². The molecule has 12 heteroatoms. The van der Waals surface area contributed by atoms with Crippen LogP contribution in [0.4, 0.5) is 36.3 Å². The Balaban J connectivity index is 1.46. The van der Waals surface area contributed by atoms with E-state index in [1.54, 1.807) is 29.1 Å². The van der Waals surface area contributed by atoms with Crippen LogP contribution in [0.25, 0.3) is 16.9 Å². The summed E-state index contributed by atoms with van der Waals surface area (Å²) < 4.78 is 44.0. The van der Waals surface area contributed by atoms with Gasteiger partial charge in [0, 0.05) is 24.5 Å². The van der Waals surface area contributed by atoms with Gasteiger partial charge in [0.2, 0.25) is 11.9 Å². The minimum absolute atomic E-state index is 0.195. The normalized spacial score (nSPS) is 11.2. The number of halogens is 3. The summed E-state index contributed by atoms with van der Waals surface area (Å²) in [5.41, 5.74) is 4.77. The van der Waals surface area contributed by atoms with Crippen LogP contribution in [0.1, 0.15) is 11.1 Å². The number of nitrogens with one attached hydrogen (secondary N) is 2.